The molecule has 1 atom stereocenters. The quantitative estimate of drug-likeness (QED) is 0.633. The summed E-state index contributed by atoms with van der Waals surface area (Å²) < 4.78 is 16.7. The highest BCUT2D eigenvalue weighted by molar-refractivity contribution is 5.30. The summed E-state index contributed by atoms with van der Waals surface area (Å²) in [6.07, 6.45) is 2.29. The molecular weight excluding hydrogens is 254 g/mol. The molecule has 4 nitrogen and oxygen atoms in total. The lowest BCUT2D eigenvalue weighted by Gasteiger charge is -2.18. The maximum Gasteiger partial charge on any atom is 0.119 e. The predicted molar refractivity (Wildman–Crippen MR) is 81.3 cm³/mol. The van der Waals surface area contributed by atoms with Gasteiger partial charge in [0.05, 0.1) is 26.4 Å². The highest BCUT2D eigenvalue weighted by Crippen LogP contribution is 2.21. The van der Waals surface area contributed by atoms with Crippen LogP contribution in [0, 0.1) is 0 Å². The van der Waals surface area contributed by atoms with Crippen LogP contribution in [0.1, 0.15) is 31.4 Å². The Balaban J connectivity index is 2.42. The first kappa shape index (κ1) is 17.0. The number of hydrogen-bond donors (Lipinski definition) is 1. The van der Waals surface area contributed by atoms with Crippen molar-refractivity contribution in [2.75, 3.05) is 40.5 Å². The van der Waals surface area contributed by atoms with E-state index in [1.165, 1.54) is 0 Å². The zero-order valence-electron chi connectivity index (χ0n) is 12.9. The Kier molecular flexibility index (Phi) is 9.04. The molecular formula is C16H27NO3. The van der Waals surface area contributed by atoms with Crippen molar-refractivity contribution < 1.29 is 14.2 Å². The zero-order chi connectivity index (χ0) is 14.6. The van der Waals surface area contributed by atoms with Crippen molar-refractivity contribution in [2.24, 2.45) is 0 Å². The van der Waals surface area contributed by atoms with Crippen LogP contribution in [0.25, 0.3) is 0 Å². The predicted octanol–water partition coefficient (Wildman–Crippen LogP) is 2.79. The van der Waals surface area contributed by atoms with Crippen LogP contribution in [0.15, 0.2) is 24.3 Å². The van der Waals surface area contributed by atoms with Gasteiger partial charge in [0.2, 0.25) is 0 Å². The Morgan fingerprint density at radius 3 is 2.75 bits per heavy atom. The monoisotopic (exact) mass is 281 g/mol. The number of ether oxygens (including phenoxy) is 3. The van der Waals surface area contributed by atoms with Gasteiger partial charge < -0.3 is 19.5 Å². The molecule has 1 rings (SSSR count). The molecule has 1 aromatic rings. The maximum absolute atomic E-state index is 5.91. The number of methoxy groups -OCH3 is 1. The number of likely N-dealkylation sites (N-methyl/N-ethyl adjacent to an activating group) is 1. The van der Waals surface area contributed by atoms with E-state index in [2.05, 4.69) is 18.3 Å². The van der Waals surface area contributed by atoms with Crippen molar-refractivity contribution in [3.63, 3.8) is 0 Å². The molecule has 0 spiro atoms. The number of rotatable bonds is 11. The lowest BCUT2D eigenvalue weighted by atomic mass is 10.1. The number of hydrogen-bond acceptors (Lipinski definition) is 4. The Bertz CT molecular complexity index is 357. The molecule has 0 heterocycles. The molecule has 1 aromatic carbocycles. The van der Waals surface area contributed by atoms with Crippen LogP contribution in [-0.2, 0) is 9.47 Å². The van der Waals surface area contributed by atoms with Gasteiger partial charge >= 0.3 is 0 Å². The first-order valence-electron chi connectivity index (χ1n) is 7.29. The zero-order valence-corrected chi connectivity index (χ0v) is 12.9. The third-order valence-corrected chi connectivity index (χ3v) is 3.04. The number of unbranched alkanes of at least 4 members (excludes halogenated alkanes) is 1. The normalized spacial score (nSPS) is 12.3. The van der Waals surface area contributed by atoms with Crippen molar-refractivity contribution in [3.8, 4) is 5.75 Å². The average Bonchev–Trinajstić information content (AvgIpc) is 2.49. The van der Waals surface area contributed by atoms with Gasteiger partial charge in [-0.25, -0.2) is 0 Å². The van der Waals surface area contributed by atoms with Crippen LogP contribution in [0.3, 0.4) is 0 Å². The molecule has 20 heavy (non-hydrogen) atoms. The van der Waals surface area contributed by atoms with E-state index in [1.54, 1.807) is 7.11 Å². The summed E-state index contributed by atoms with van der Waals surface area (Å²) in [5, 5.41) is 3.16. The Labute approximate surface area is 122 Å². The minimum absolute atomic E-state index is 0.0184. The van der Waals surface area contributed by atoms with Crippen LogP contribution < -0.4 is 10.1 Å². The lowest BCUT2D eigenvalue weighted by Crippen LogP contribution is -2.21. The van der Waals surface area contributed by atoms with Crippen LogP contribution in [0.5, 0.6) is 5.75 Å². The van der Waals surface area contributed by atoms with Gasteiger partial charge in [-0.05, 0) is 31.2 Å². The third kappa shape index (κ3) is 6.37. The average molecular weight is 281 g/mol. The van der Waals surface area contributed by atoms with Gasteiger partial charge in [-0.1, -0.05) is 25.5 Å². The van der Waals surface area contributed by atoms with E-state index in [9.17, 15) is 0 Å². The molecule has 0 aliphatic carbocycles. The van der Waals surface area contributed by atoms with Gasteiger partial charge in [-0.15, -0.1) is 0 Å². The molecule has 0 saturated heterocycles. The second-order valence-electron chi connectivity index (χ2n) is 4.66. The smallest absolute Gasteiger partial charge is 0.119 e. The molecule has 0 aromatic heterocycles. The van der Waals surface area contributed by atoms with Crippen molar-refractivity contribution in [1.29, 1.82) is 0 Å². The second kappa shape index (κ2) is 10.7. The van der Waals surface area contributed by atoms with Gasteiger partial charge in [0.15, 0.2) is 0 Å². The van der Waals surface area contributed by atoms with E-state index in [0.29, 0.717) is 13.2 Å². The van der Waals surface area contributed by atoms with Gasteiger partial charge in [-0.2, -0.15) is 0 Å². The van der Waals surface area contributed by atoms with Crippen LogP contribution in [0.4, 0.5) is 0 Å². The van der Waals surface area contributed by atoms with E-state index in [-0.39, 0.29) is 6.10 Å². The van der Waals surface area contributed by atoms with Gasteiger partial charge in [0.25, 0.3) is 0 Å². The van der Waals surface area contributed by atoms with Gasteiger partial charge in [0.1, 0.15) is 5.75 Å². The molecule has 1 N–H and O–H groups in total. The van der Waals surface area contributed by atoms with E-state index in [0.717, 1.165) is 37.3 Å². The molecule has 0 aliphatic heterocycles. The first-order chi connectivity index (χ1) is 9.81. The first-order valence-corrected chi connectivity index (χ1v) is 7.29. The molecule has 0 radical (unpaired) electrons. The number of benzene rings is 1. The van der Waals surface area contributed by atoms with E-state index < -0.39 is 0 Å². The maximum atomic E-state index is 5.91. The molecule has 0 fully saturated rings. The summed E-state index contributed by atoms with van der Waals surface area (Å²) in [6, 6.07) is 7.99. The molecule has 114 valence electrons. The standard InChI is InChI=1S/C16H27NO3/c1-4-5-9-19-10-11-20-16(13-17-2)14-7-6-8-15(12-14)18-3/h6-8,12,16-17H,4-5,9-11,13H2,1-3H3. The second-order valence-corrected chi connectivity index (χ2v) is 4.66. The van der Waals surface area contributed by atoms with Crippen molar-refractivity contribution >= 4 is 0 Å². The van der Waals surface area contributed by atoms with Crippen LogP contribution in [-0.4, -0.2) is 40.5 Å². The fraction of sp³-hybridized carbons (Fsp3) is 0.625. The minimum Gasteiger partial charge on any atom is -0.497 e. The molecule has 0 bridgehead atoms. The Morgan fingerprint density at radius 1 is 1.20 bits per heavy atom. The van der Waals surface area contributed by atoms with E-state index >= 15 is 0 Å². The Morgan fingerprint density at radius 2 is 2.05 bits per heavy atom. The largest absolute Gasteiger partial charge is 0.497 e. The summed E-state index contributed by atoms with van der Waals surface area (Å²) >= 11 is 0. The molecule has 4 heteroatoms. The van der Waals surface area contributed by atoms with Crippen molar-refractivity contribution in [1.82, 2.24) is 5.32 Å². The summed E-state index contributed by atoms with van der Waals surface area (Å²) in [5.74, 6) is 0.853. The summed E-state index contributed by atoms with van der Waals surface area (Å²) in [7, 11) is 3.60. The highest BCUT2D eigenvalue weighted by Gasteiger charge is 2.11. The van der Waals surface area contributed by atoms with Crippen LogP contribution >= 0.6 is 0 Å². The topological polar surface area (TPSA) is 39.7 Å². The Hall–Kier alpha value is -1.10. The van der Waals surface area contributed by atoms with Crippen LogP contribution in [0.2, 0.25) is 0 Å². The van der Waals surface area contributed by atoms with Gasteiger partial charge in [0, 0.05) is 13.2 Å². The fourth-order valence-electron chi connectivity index (χ4n) is 1.90. The van der Waals surface area contributed by atoms with E-state index in [4.69, 9.17) is 14.2 Å². The molecule has 1 unspecified atom stereocenters. The minimum atomic E-state index is 0.0184. The lowest BCUT2D eigenvalue weighted by molar-refractivity contribution is 0.00423. The SMILES string of the molecule is CCCCOCCOC(CNC)c1cccc(OC)c1. The number of nitrogens with one attached hydrogen (secondary N) is 1. The van der Waals surface area contributed by atoms with E-state index in [1.807, 2.05) is 25.2 Å². The molecule has 0 aliphatic rings. The summed E-state index contributed by atoms with van der Waals surface area (Å²) in [5.41, 5.74) is 1.12. The highest BCUT2D eigenvalue weighted by atomic mass is 16.5. The van der Waals surface area contributed by atoms with Crippen molar-refractivity contribution in [3.05, 3.63) is 29.8 Å². The fourth-order valence-corrected chi connectivity index (χ4v) is 1.90. The summed E-state index contributed by atoms with van der Waals surface area (Å²) in [6.45, 7) is 4.99. The summed E-state index contributed by atoms with van der Waals surface area (Å²) in [4.78, 5) is 0. The third-order valence-electron chi connectivity index (χ3n) is 3.04. The van der Waals surface area contributed by atoms with Gasteiger partial charge in [-0.3, -0.25) is 0 Å². The molecule has 0 amide bonds. The van der Waals surface area contributed by atoms with Crippen molar-refractivity contribution in [2.45, 2.75) is 25.9 Å². The molecule has 0 saturated carbocycles.